The number of aliphatic hydroxyl groups excluding tert-OH is 1. The van der Waals surface area contributed by atoms with Crippen LogP contribution >= 0.6 is 0 Å². The van der Waals surface area contributed by atoms with Gasteiger partial charge in [0.25, 0.3) is 0 Å². The van der Waals surface area contributed by atoms with E-state index in [9.17, 15) is 9.90 Å². The number of aliphatic hydroxyl groups is 1. The third-order valence-corrected chi connectivity index (χ3v) is 4.00. The standard InChI is InChI=1S/C19H26N2O4/c1-13-12-17(14(2)25-13)18(22)9-11-21-19(23)20-10-8-15-4-6-16(24-3)7-5-15/h4-7,12,18,22H,8-11H2,1-3H3,(H2,20,21,23)/t18-/m1/s1. The van der Waals surface area contributed by atoms with Gasteiger partial charge in [-0.05, 0) is 50.5 Å². The van der Waals surface area contributed by atoms with E-state index < -0.39 is 6.10 Å². The van der Waals surface area contributed by atoms with Gasteiger partial charge in [-0.25, -0.2) is 4.79 Å². The molecule has 3 N–H and O–H groups in total. The van der Waals surface area contributed by atoms with Gasteiger partial charge in [0.15, 0.2) is 0 Å². The molecule has 0 aliphatic carbocycles. The molecule has 1 aromatic carbocycles. The minimum absolute atomic E-state index is 0.235. The Bertz CT molecular complexity index is 679. The van der Waals surface area contributed by atoms with Crippen LogP contribution in [0.15, 0.2) is 34.7 Å². The van der Waals surface area contributed by atoms with Crippen molar-refractivity contribution < 1.29 is 19.1 Å². The van der Waals surface area contributed by atoms with E-state index in [1.54, 1.807) is 7.11 Å². The topological polar surface area (TPSA) is 83.7 Å². The van der Waals surface area contributed by atoms with Gasteiger partial charge in [-0.15, -0.1) is 0 Å². The Morgan fingerprint density at radius 3 is 2.48 bits per heavy atom. The molecule has 0 unspecified atom stereocenters. The second-order valence-electron chi connectivity index (χ2n) is 5.95. The fourth-order valence-corrected chi connectivity index (χ4v) is 2.63. The molecule has 1 atom stereocenters. The fourth-order valence-electron chi connectivity index (χ4n) is 2.63. The van der Waals surface area contributed by atoms with Crippen molar-refractivity contribution in [3.8, 4) is 5.75 Å². The number of carbonyl (C=O) groups excluding carboxylic acids is 1. The highest BCUT2D eigenvalue weighted by molar-refractivity contribution is 5.73. The Morgan fingerprint density at radius 1 is 1.20 bits per heavy atom. The number of hydrogen-bond donors (Lipinski definition) is 3. The molecule has 6 heteroatoms. The first-order valence-electron chi connectivity index (χ1n) is 8.39. The molecular weight excluding hydrogens is 320 g/mol. The number of amides is 2. The maximum atomic E-state index is 11.8. The number of nitrogens with one attached hydrogen (secondary N) is 2. The van der Waals surface area contributed by atoms with Crippen LogP contribution in [0, 0.1) is 13.8 Å². The molecule has 0 aliphatic rings. The molecule has 136 valence electrons. The first-order valence-corrected chi connectivity index (χ1v) is 8.39. The smallest absolute Gasteiger partial charge is 0.314 e. The third kappa shape index (κ3) is 5.83. The summed E-state index contributed by atoms with van der Waals surface area (Å²) in [5, 5.41) is 15.7. The average molecular weight is 346 g/mol. The van der Waals surface area contributed by atoms with Gasteiger partial charge in [0.05, 0.1) is 13.2 Å². The van der Waals surface area contributed by atoms with Crippen molar-refractivity contribution in [1.82, 2.24) is 10.6 Å². The van der Waals surface area contributed by atoms with E-state index in [1.165, 1.54) is 0 Å². The van der Waals surface area contributed by atoms with Crippen LogP contribution in [0.5, 0.6) is 5.75 Å². The van der Waals surface area contributed by atoms with Crippen molar-refractivity contribution in [2.24, 2.45) is 0 Å². The van der Waals surface area contributed by atoms with Crippen LogP contribution in [-0.4, -0.2) is 31.3 Å². The molecule has 2 amide bonds. The van der Waals surface area contributed by atoms with Gasteiger partial charge in [0.1, 0.15) is 17.3 Å². The molecule has 1 heterocycles. The van der Waals surface area contributed by atoms with Crippen LogP contribution in [0.1, 0.15) is 35.2 Å². The summed E-state index contributed by atoms with van der Waals surface area (Å²) >= 11 is 0. The van der Waals surface area contributed by atoms with Gasteiger partial charge in [0.2, 0.25) is 0 Å². The van der Waals surface area contributed by atoms with E-state index in [2.05, 4.69) is 10.6 Å². The van der Waals surface area contributed by atoms with Crippen LogP contribution in [-0.2, 0) is 6.42 Å². The van der Waals surface area contributed by atoms with Gasteiger partial charge in [0, 0.05) is 18.7 Å². The van der Waals surface area contributed by atoms with Gasteiger partial charge < -0.3 is 24.9 Å². The zero-order valence-corrected chi connectivity index (χ0v) is 15.0. The van der Waals surface area contributed by atoms with E-state index in [0.717, 1.165) is 29.1 Å². The highest BCUT2D eigenvalue weighted by Crippen LogP contribution is 2.23. The van der Waals surface area contributed by atoms with Gasteiger partial charge in [-0.1, -0.05) is 12.1 Å². The number of rotatable bonds is 8. The maximum Gasteiger partial charge on any atom is 0.314 e. The lowest BCUT2D eigenvalue weighted by molar-refractivity contribution is 0.165. The SMILES string of the molecule is COc1ccc(CCNC(=O)NCC[C@@H](O)c2cc(C)oc2C)cc1. The van der Waals surface area contributed by atoms with E-state index in [-0.39, 0.29) is 6.03 Å². The molecule has 2 aromatic rings. The molecule has 6 nitrogen and oxygen atoms in total. The molecule has 0 saturated carbocycles. The summed E-state index contributed by atoms with van der Waals surface area (Å²) in [6.45, 7) is 4.60. The number of hydrogen-bond acceptors (Lipinski definition) is 4. The second kappa shape index (κ2) is 9.13. The zero-order valence-electron chi connectivity index (χ0n) is 15.0. The Balaban J connectivity index is 1.64. The lowest BCUT2D eigenvalue weighted by Gasteiger charge is -2.11. The van der Waals surface area contributed by atoms with Crippen LogP contribution < -0.4 is 15.4 Å². The summed E-state index contributed by atoms with van der Waals surface area (Å²) in [5.41, 5.74) is 1.90. The predicted molar refractivity (Wildman–Crippen MR) is 95.9 cm³/mol. The van der Waals surface area contributed by atoms with Crippen molar-refractivity contribution in [3.63, 3.8) is 0 Å². The third-order valence-electron chi connectivity index (χ3n) is 4.00. The Labute approximate surface area is 148 Å². The van der Waals surface area contributed by atoms with E-state index in [0.29, 0.717) is 25.3 Å². The van der Waals surface area contributed by atoms with Crippen molar-refractivity contribution in [1.29, 1.82) is 0 Å². The molecule has 25 heavy (non-hydrogen) atoms. The highest BCUT2D eigenvalue weighted by Gasteiger charge is 2.14. The quantitative estimate of drug-likeness (QED) is 0.686. The molecule has 0 bridgehead atoms. The molecule has 0 spiro atoms. The monoisotopic (exact) mass is 346 g/mol. The Kier molecular flexibility index (Phi) is 6.89. The number of carbonyl (C=O) groups is 1. The molecular formula is C19H26N2O4. The van der Waals surface area contributed by atoms with E-state index in [1.807, 2.05) is 44.2 Å². The van der Waals surface area contributed by atoms with Crippen molar-refractivity contribution in [3.05, 3.63) is 53.0 Å². The molecule has 2 rings (SSSR count). The summed E-state index contributed by atoms with van der Waals surface area (Å²) in [5.74, 6) is 2.31. The van der Waals surface area contributed by atoms with Crippen LogP contribution in [0.3, 0.4) is 0 Å². The molecule has 0 aliphatic heterocycles. The van der Waals surface area contributed by atoms with Crippen molar-refractivity contribution >= 4 is 6.03 Å². The number of benzene rings is 1. The first kappa shape index (κ1) is 18.9. The molecule has 1 aromatic heterocycles. The normalized spacial score (nSPS) is 11.8. The zero-order chi connectivity index (χ0) is 18.2. The molecule has 0 saturated heterocycles. The lowest BCUT2D eigenvalue weighted by Crippen LogP contribution is -2.37. The minimum Gasteiger partial charge on any atom is -0.497 e. The van der Waals surface area contributed by atoms with E-state index in [4.69, 9.17) is 9.15 Å². The lowest BCUT2D eigenvalue weighted by atomic mass is 10.1. The summed E-state index contributed by atoms with van der Waals surface area (Å²) < 4.78 is 10.5. The summed E-state index contributed by atoms with van der Waals surface area (Å²) in [6, 6.07) is 9.34. The van der Waals surface area contributed by atoms with E-state index >= 15 is 0 Å². The first-order chi connectivity index (χ1) is 12.0. The van der Waals surface area contributed by atoms with Crippen LogP contribution in [0.2, 0.25) is 0 Å². The number of aryl methyl sites for hydroxylation is 2. The highest BCUT2D eigenvalue weighted by atomic mass is 16.5. The summed E-state index contributed by atoms with van der Waals surface area (Å²) in [6.07, 6.45) is 0.538. The largest absolute Gasteiger partial charge is 0.497 e. The predicted octanol–water partition coefficient (Wildman–Crippen LogP) is 2.87. The van der Waals surface area contributed by atoms with Crippen LogP contribution in [0.25, 0.3) is 0 Å². The Hall–Kier alpha value is -2.47. The van der Waals surface area contributed by atoms with Gasteiger partial charge in [-0.3, -0.25) is 0 Å². The van der Waals surface area contributed by atoms with Crippen molar-refractivity contribution in [2.75, 3.05) is 20.2 Å². The number of urea groups is 1. The molecule has 0 radical (unpaired) electrons. The van der Waals surface area contributed by atoms with Gasteiger partial charge in [-0.2, -0.15) is 0 Å². The van der Waals surface area contributed by atoms with Gasteiger partial charge >= 0.3 is 6.03 Å². The maximum absolute atomic E-state index is 11.8. The summed E-state index contributed by atoms with van der Waals surface area (Å²) in [7, 11) is 1.63. The second-order valence-corrected chi connectivity index (χ2v) is 5.95. The summed E-state index contributed by atoms with van der Waals surface area (Å²) in [4.78, 5) is 11.8. The number of furan rings is 1. The van der Waals surface area contributed by atoms with Crippen molar-refractivity contribution in [2.45, 2.75) is 32.8 Å². The Morgan fingerprint density at radius 2 is 1.88 bits per heavy atom. The molecule has 0 fully saturated rings. The number of ether oxygens (including phenoxy) is 1. The number of methoxy groups -OCH3 is 1. The average Bonchev–Trinajstić information content (AvgIpc) is 2.94. The minimum atomic E-state index is -0.642. The van der Waals surface area contributed by atoms with Crippen LogP contribution in [0.4, 0.5) is 4.79 Å². The fraction of sp³-hybridized carbons (Fsp3) is 0.421.